The molecule has 0 saturated carbocycles. The highest BCUT2D eigenvalue weighted by molar-refractivity contribution is 5.87. The number of carbonyl (C=O) groups is 2. The first kappa shape index (κ1) is 17.8. The Balaban J connectivity index is 1.70. The third-order valence-corrected chi connectivity index (χ3v) is 5.59. The van der Waals surface area contributed by atoms with E-state index in [1.165, 1.54) is 11.1 Å². The molecule has 1 fully saturated rings. The Labute approximate surface area is 150 Å². The van der Waals surface area contributed by atoms with Gasteiger partial charge in [0.25, 0.3) is 0 Å². The first-order valence-electron chi connectivity index (χ1n) is 9.51. The number of carbonyl (C=O) groups excluding carboxylic acids is 2. The Morgan fingerprint density at radius 1 is 1.08 bits per heavy atom. The molecule has 136 valence electrons. The number of fused-ring (bicyclic) bond motifs is 1. The molecule has 2 heterocycles. The average Bonchev–Trinajstić information content (AvgIpc) is 3.19. The van der Waals surface area contributed by atoms with Crippen molar-refractivity contribution in [1.29, 1.82) is 0 Å². The number of benzene rings is 1. The summed E-state index contributed by atoms with van der Waals surface area (Å²) in [4.78, 5) is 29.4. The lowest BCUT2D eigenvalue weighted by Crippen LogP contribution is -2.55. The van der Waals surface area contributed by atoms with E-state index in [1.54, 1.807) is 0 Å². The average molecular weight is 343 g/mol. The molecule has 2 atom stereocenters. The first-order valence-corrected chi connectivity index (χ1v) is 9.51. The zero-order valence-corrected chi connectivity index (χ0v) is 15.3. The predicted molar refractivity (Wildman–Crippen MR) is 98.1 cm³/mol. The van der Waals surface area contributed by atoms with Crippen LogP contribution < -0.4 is 5.32 Å². The van der Waals surface area contributed by atoms with Gasteiger partial charge in [0.05, 0.1) is 0 Å². The Kier molecular flexibility index (Phi) is 5.61. The van der Waals surface area contributed by atoms with Crippen molar-refractivity contribution >= 4 is 11.9 Å². The van der Waals surface area contributed by atoms with Gasteiger partial charge in [-0.25, -0.2) is 4.79 Å². The van der Waals surface area contributed by atoms with E-state index < -0.39 is 6.04 Å². The van der Waals surface area contributed by atoms with Gasteiger partial charge < -0.3 is 15.1 Å². The summed E-state index contributed by atoms with van der Waals surface area (Å²) < 4.78 is 0. The molecule has 2 aliphatic rings. The second-order valence-corrected chi connectivity index (χ2v) is 7.29. The monoisotopic (exact) mass is 343 g/mol. The van der Waals surface area contributed by atoms with Gasteiger partial charge in [-0.3, -0.25) is 4.79 Å². The lowest BCUT2D eigenvalue weighted by Gasteiger charge is -2.34. The van der Waals surface area contributed by atoms with Gasteiger partial charge in [-0.2, -0.15) is 0 Å². The van der Waals surface area contributed by atoms with Crippen molar-refractivity contribution in [3.8, 4) is 0 Å². The molecule has 3 rings (SSSR count). The topological polar surface area (TPSA) is 52.7 Å². The van der Waals surface area contributed by atoms with Gasteiger partial charge >= 0.3 is 6.03 Å². The molecule has 3 amide bonds. The second kappa shape index (κ2) is 7.89. The summed E-state index contributed by atoms with van der Waals surface area (Å²) in [6.07, 6.45) is 3.85. The molecule has 5 nitrogen and oxygen atoms in total. The molecule has 0 aromatic heterocycles. The fraction of sp³-hybridized carbons (Fsp3) is 0.600. The van der Waals surface area contributed by atoms with E-state index in [-0.39, 0.29) is 17.9 Å². The zero-order valence-electron chi connectivity index (χ0n) is 15.3. The van der Waals surface area contributed by atoms with E-state index in [9.17, 15) is 9.59 Å². The normalized spacial score (nSPS) is 19.3. The molecule has 2 aliphatic heterocycles. The van der Waals surface area contributed by atoms with Gasteiger partial charge in [0.1, 0.15) is 6.04 Å². The Bertz CT molecular complexity index is 625. The summed E-state index contributed by atoms with van der Waals surface area (Å²) in [5.74, 6) is 0.174. The molecule has 1 N–H and O–H groups in total. The summed E-state index contributed by atoms with van der Waals surface area (Å²) in [5, 5.41) is 3.03. The van der Waals surface area contributed by atoms with Gasteiger partial charge in [-0.15, -0.1) is 0 Å². The smallest absolute Gasteiger partial charge is 0.318 e. The largest absolute Gasteiger partial charge is 0.336 e. The lowest BCUT2D eigenvalue weighted by atomic mass is 9.95. The molecule has 0 radical (unpaired) electrons. The van der Waals surface area contributed by atoms with Crippen LogP contribution in [-0.2, 0) is 17.8 Å². The predicted octanol–water partition coefficient (Wildman–Crippen LogP) is 2.79. The summed E-state index contributed by atoms with van der Waals surface area (Å²) >= 11 is 0. The third kappa shape index (κ3) is 3.97. The molecule has 0 bridgehead atoms. The summed E-state index contributed by atoms with van der Waals surface area (Å²) in [6.45, 7) is 7.07. The van der Waals surface area contributed by atoms with E-state index in [4.69, 9.17) is 0 Å². The van der Waals surface area contributed by atoms with Crippen molar-refractivity contribution in [2.75, 3.05) is 19.6 Å². The maximum absolute atomic E-state index is 13.2. The van der Waals surface area contributed by atoms with E-state index in [0.29, 0.717) is 6.54 Å². The van der Waals surface area contributed by atoms with Gasteiger partial charge in [-0.1, -0.05) is 44.5 Å². The molecule has 1 aromatic rings. The number of nitrogens with zero attached hydrogens (tertiary/aromatic N) is 2. The van der Waals surface area contributed by atoms with Crippen LogP contribution in [0, 0.1) is 5.92 Å². The first-order chi connectivity index (χ1) is 12.1. The van der Waals surface area contributed by atoms with Crippen LogP contribution in [-0.4, -0.2) is 47.4 Å². The van der Waals surface area contributed by atoms with Crippen molar-refractivity contribution in [2.24, 2.45) is 5.92 Å². The highest BCUT2D eigenvalue weighted by atomic mass is 16.2. The van der Waals surface area contributed by atoms with Gasteiger partial charge in [0.15, 0.2) is 0 Å². The van der Waals surface area contributed by atoms with Crippen LogP contribution in [0.2, 0.25) is 0 Å². The number of hydrogen-bond donors (Lipinski definition) is 1. The minimum atomic E-state index is -0.441. The van der Waals surface area contributed by atoms with Crippen LogP contribution in [0.4, 0.5) is 4.79 Å². The van der Waals surface area contributed by atoms with Crippen LogP contribution in [0.25, 0.3) is 0 Å². The van der Waals surface area contributed by atoms with Gasteiger partial charge in [0, 0.05) is 26.2 Å². The molecule has 25 heavy (non-hydrogen) atoms. The molecular weight excluding hydrogens is 314 g/mol. The zero-order chi connectivity index (χ0) is 17.8. The van der Waals surface area contributed by atoms with E-state index in [1.807, 2.05) is 22.8 Å². The van der Waals surface area contributed by atoms with Crippen LogP contribution in [0.5, 0.6) is 0 Å². The maximum Gasteiger partial charge on any atom is 0.318 e. The molecule has 1 saturated heterocycles. The number of amides is 3. The van der Waals surface area contributed by atoms with Crippen LogP contribution in [0.1, 0.15) is 44.2 Å². The standard InChI is InChI=1S/C20H29N3O2/c1-3-15(2)18(21-20(25)22-11-6-7-12-22)19(24)23-13-10-16-8-4-5-9-17(16)14-23/h4-5,8-9,15,18H,3,6-7,10-14H2,1-2H3,(H,21,25)/t15?,18-/m0/s1. The number of urea groups is 1. The highest BCUT2D eigenvalue weighted by Gasteiger charge is 2.33. The fourth-order valence-electron chi connectivity index (χ4n) is 3.71. The van der Waals surface area contributed by atoms with Crippen molar-refractivity contribution < 1.29 is 9.59 Å². The SMILES string of the molecule is CCC(C)[C@H](NC(=O)N1CCCC1)C(=O)N1CCc2ccccc2C1. The van der Waals surface area contributed by atoms with Crippen molar-refractivity contribution in [2.45, 2.75) is 52.1 Å². The van der Waals surface area contributed by atoms with Gasteiger partial charge in [-0.05, 0) is 36.3 Å². The van der Waals surface area contributed by atoms with Crippen molar-refractivity contribution in [3.05, 3.63) is 35.4 Å². The van der Waals surface area contributed by atoms with Gasteiger partial charge in [0.2, 0.25) is 5.91 Å². The highest BCUT2D eigenvalue weighted by Crippen LogP contribution is 2.21. The summed E-state index contributed by atoms with van der Waals surface area (Å²) in [6, 6.07) is 7.77. The quantitative estimate of drug-likeness (QED) is 0.914. The molecular formula is C20H29N3O2. The Morgan fingerprint density at radius 3 is 2.44 bits per heavy atom. The Morgan fingerprint density at radius 2 is 1.76 bits per heavy atom. The van der Waals surface area contributed by atoms with Crippen LogP contribution in [0.3, 0.4) is 0 Å². The molecule has 1 aromatic carbocycles. The minimum Gasteiger partial charge on any atom is -0.336 e. The van der Waals surface area contributed by atoms with E-state index in [2.05, 4.69) is 30.4 Å². The number of nitrogens with one attached hydrogen (secondary N) is 1. The fourth-order valence-corrected chi connectivity index (χ4v) is 3.71. The lowest BCUT2D eigenvalue weighted by molar-refractivity contribution is -0.135. The molecule has 5 heteroatoms. The molecule has 0 spiro atoms. The third-order valence-electron chi connectivity index (χ3n) is 5.59. The second-order valence-electron chi connectivity index (χ2n) is 7.29. The Hall–Kier alpha value is -2.04. The molecule has 1 unspecified atom stereocenters. The van der Waals surface area contributed by atoms with Crippen LogP contribution in [0.15, 0.2) is 24.3 Å². The maximum atomic E-state index is 13.2. The summed E-state index contributed by atoms with van der Waals surface area (Å²) in [5.41, 5.74) is 2.55. The number of hydrogen-bond acceptors (Lipinski definition) is 2. The van der Waals surface area contributed by atoms with Crippen molar-refractivity contribution in [3.63, 3.8) is 0 Å². The number of rotatable bonds is 4. The van der Waals surface area contributed by atoms with Crippen LogP contribution >= 0.6 is 0 Å². The minimum absolute atomic E-state index is 0.0522. The van der Waals surface area contributed by atoms with E-state index >= 15 is 0 Å². The number of likely N-dealkylation sites (tertiary alicyclic amines) is 1. The summed E-state index contributed by atoms with van der Waals surface area (Å²) in [7, 11) is 0. The van der Waals surface area contributed by atoms with Crippen molar-refractivity contribution in [1.82, 2.24) is 15.1 Å². The van der Waals surface area contributed by atoms with E-state index in [0.717, 1.165) is 45.3 Å². The molecule has 0 aliphatic carbocycles.